The van der Waals surface area contributed by atoms with Crippen LogP contribution < -0.4 is 10.6 Å². The van der Waals surface area contributed by atoms with Gasteiger partial charge in [-0.3, -0.25) is 9.59 Å². The van der Waals surface area contributed by atoms with Crippen molar-refractivity contribution < 1.29 is 14.0 Å². The van der Waals surface area contributed by atoms with Crippen LogP contribution in [0.2, 0.25) is 0 Å². The average Bonchev–Trinajstić information content (AvgIpc) is 2.69. The molecule has 0 spiro atoms. The van der Waals surface area contributed by atoms with Crippen molar-refractivity contribution in [1.29, 1.82) is 0 Å². The number of nitrogens with zero attached hydrogens (tertiary/aromatic N) is 2. The van der Waals surface area contributed by atoms with E-state index in [0.29, 0.717) is 5.03 Å². The summed E-state index contributed by atoms with van der Waals surface area (Å²) in [7, 11) is 0. The second-order valence-corrected chi connectivity index (χ2v) is 6.87. The number of aryl methyl sites for hydroxylation is 1. The first kappa shape index (κ1) is 19.5. The van der Waals surface area contributed by atoms with E-state index in [-0.39, 0.29) is 23.0 Å². The fraction of sp³-hybridized carbons (Fsp3) is 0.100. The summed E-state index contributed by atoms with van der Waals surface area (Å²) in [6, 6.07) is 16.1. The van der Waals surface area contributed by atoms with Gasteiger partial charge < -0.3 is 10.6 Å². The van der Waals surface area contributed by atoms with Crippen LogP contribution in [0.3, 0.4) is 0 Å². The number of thioether (sulfide) groups is 1. The molecule has 2 N–H and O–H groups in total. The van der Waals surface area contributed by atoms with Crippen LogP contribution in [0.15, 0.2) is 65.7 Å². The Balaban J connectivity index is 1.52. The van der Waals surface area contributed by atoms with E-state index >= 15 is 0 Å². The summed E-state index contributed by atoms with van der Waals surface area (Å²) >= 11 is 1.23. The number of rotatable bonds is 6. The normalized spacial score (nSPS) is 10.4. The number of para-hydroxylation sites is 1. The van der Waals surface area contributed by atoms with Crippen molar-refractivity contribution in [2.45, 2.75) is 11.9 Å². The molecule has 1 aromatic heterocycles. The zero-order valence-corrected chi connectivity index (χ0v) is 15.8. The van der Waals surface area contributed by atoms with Crippen molar-refractivity contribution in [2.75, 3.05) is 16.4 Å². The van der Waals surface area contributed by atoms with Crippen molar-refractivity contribution in [3.63, 3.8) is 0 Å². The topological polar surface area (TPSA) is 84.0 Å². The Kier molecular flexibility index (Phi) is 6.33. The zero-order chi connectivity index (χ0) is 19.9. The van der Waals surface area contributed by atoms with Crippen molar-refractivity contribution in [2.24, 2.45) is 0 Å². The van der Waals surface area contributed by atoms with Gasteiger partial charge in [-0.1, -0.05) is 36.0 Å². The first-order valence-corrected chi connectivity index (χ1v) is 9.39. The highest BCUT2D eigenvalue weighted by molar-refractivity contribution is 7.99. The molecule has 28 heavy (non-hydrogen) atoms. The third-order valence-corrected chi connectivity index (χ3v) is 4.66. The Morgan fingerprint density at radius 1 is 1.00 bits per heavy atom. The number of benzene rings is 2. The molecule has 0 bridgehead atoms. The van der Waals surface area contributed by atoms with E-state index in [4.69, 9.17) is 0 Å². The minimum absolute atomic E-state index is 0.149. The number of nitrogens with one attached hydrogen (secondary N) is 2. The molecular formula is C20H17FN4O2S. The summed E-state index contributed by atoms with van der Waals surface area (Å²) in [5, 5.41) is 13.8. The van der Waals surface area contributed by atoms with Crippen LogP contribution in [-0.4, -0.2) is 27.8 Å². The zero-order valence-electron chi connectivity index (χ0n) is 15.0. The Bertz CT molecular complexity index is 996. The van der Waals surface area contributed by atoms with Gasteiger partial charge in [-0.15, -0.1) is 10.2 Å². The molecule has 6 nitrogen and oxygen atoms in total. The van der Waals surface area contributed by atoms with Crippen LogP contribution in [0.4, 0.5) is 15.9 Å². The fourth-order valence-electron chi connectivity index (χ4n) is 2.32. The molecule has 0 fully saturated rings. The van der Waals surface area contributed by atoms with Gasteiger partial charge in [0.25, 0.3) is 5.91 Å². The maximum Gasteiger partial charge on any atom is 0.256 e. The lowest BCUT2D eigenvalue weighted by Crippen LogP contribution is -2.15. The van der Waals surface area contributed by atoms with E-state index in [0.717, 1.165) is 17.3 Å². The Morgan fingerprint density at radius 2 is 1.82 bits per heavy atom. The molecule has 0 aliphatic heterocycles. The number of hydrogen-bond acceptors (Lipinski definition) is 5. The van der Waals surface area contributed by atoms with Crippen molar-refractivity contribution in [1.82, 2.24) is 10.2 Å². The molecule has 2 aromatic carbocycles. The van der Waals surface area contributed by atoms with Crippen LogP contribution in [0.5, 0.6) is 0 Å². The molecule has 0 atom stereocenters. The predicted molar refractivity (Wildman–Crippen MR) is 107 cm³/mol. The smallest absolute Gasteiger partial charge is 0.256 e. The van der Waals surface area contributed by atoms with E-state index in [1.165, 1.54) is 30.0 Å². The van der Waals surface area contributed by atoms with Gasteiger partial charge in [0.15, 0.2) is 5.82 Å². The SMILES string of the molecule is Cc1ccccc1NC(=O)CSc1ccc(NC(=O)c2cccc(F)c2)nn1. The highest BCUT2D eigenvalue weighted by Gasteiger charge is 2.10. The summed E-state index contributed by atoms with van der Waals surface area (Å²) in [6.45, 7) is 1.92. The van der Waals surface area contributed by atoms with Gasteiger partial charge in [-0.05, 0) is 48.9 Å². The van der Waals surface area contributed by atoms with Gasteiger partial charge in [0.05, 0.1) is 5.75 Å². The second kappa shape index (κ2) is 9.09. The summed E-state index contributed by atoms with van der Waals surface area (Å²) < 4.78 is 13.2. The molecule has 1 heterocycles. The number of hydrogen-bond donors (Lipinski definition) is 2. The molecule has 0 saturated carbocycles. The third kappa shape index (κ3) is 5.37. The summed E-state index contributed by atoms with van der Waals surface area (Å²) in [5.74, 6) is -0.702. The van der Waals surface area contributed by atoms with Gasteiger partial charge in [-0.25, -0.2) is 4.39 Å². The molecule has 0 radical (unpaired) electrons. The number of carbonyl (C=O) groups is 2. The number of anilines is 2. The maximum absolute atomic E-state index is 13.2. The van der Waals surface area contributed by atoms with E-state index in [2.05, 4.69) is 20.8 Å². The van der Waals surface area contributed by atoms with Crippen molar-refractivity contribution in [3.05, 3.63) is 77.6 Å². The average molecular weight is 396 g/mol. The van der Waals surface area contributed by atoms with E-state index < -0.39 is 11.7 Å². The maximum atomic E-state index is 13.2. The molecule has 8 heteroatoms. The quantitative estimate of drug-likeness (QED) is 0.617. The van der Waals surface area contributed by atoms with Crippen LogP contribution in [0.1, 0.15) is 15.9 Å². The largest absolute Gasteiger partial charge is 0.325 e. The highest BCUT2D eigenvalue weighted by Crippen LogP contribution is 2.18. The van der Waals surface area contributed by atoms with Gasteiger partial charge >= 0.3 is 0 Å². The molecular weight excluding hydrogens is 379 g/mol. The van der Waals surface area contributed by atoms with Crippen molar-refractivity contribution >= 4 is 35.1 Å². The fourth-order valence-corrected chi connectivity index (χ4v) is 2.93. The molecule has 3 aromatic rings. The Labute approximate surface area is 165 Å². The molecule has 2 amide bonds. The predicted octanol–water partition coefficient (Wildman–Crippen LogP) is 3.91. The Hall–Kier alpha value is -3.26. The molecule has 0 aliphatic rings. The van der Waals surface area contributed by atoms with Crippen LogP contribution in [0.25, 0.3) is 0 Å². The summed E-state index contributed by atoms with van der Waals surface area (Å²) in [5.41, 5.74) is 1.95. The van der Waals surface area contributed by atoms with Crippen molar-refractivity contribution in [3.8, 4) is 0 Å². The number of aromatic nitrogens is 2. The second-order valence-electron chi connectivity index (χ2n) is 5.87. The Morgan fingerprint density at radius 3 is 2.54 bits per heavy atom. The standard InChI is InChI=1S/C20H17FN4O2S/c1-13-5-2-3-8-16(13)22-18(26)12-28-19-10-9-17(24-25-19)23-20(27)14-6-4-7-15(21)11-14/h2-11H,12H2,1H3,(H,22,26)(H,23,24,27). The van der Waals surface area contributed by atoms with E-state index in [1.54, 1.807) is 12.1 Å². The van der Waals surface area contributed by atoms with Gasteiger partial charge in [-0.2, -0.15) is 0 Å². The lowest BCUT2D eigenvalue weighted by molar-refractivity contribution is -0.113. The van der Waals surface area contributed by atoms with E-state index in [9.17, 15) is 14.0 Å². The number of amides is 2. The molecule has 0 saturated heterocycles. The molecule has 142 valence electrons. The van der Waals surface area contributed by atoms with Gasteiger partial charge in [0, 0.05) is 11.3 Å². The lowest BCUT2D eigenvalue weighted by Gasteiger charge is -2.08. The van der Waals surface area contributed by atoms with E-state index in [1.807, 2.05) is 31.2 Å². The minimum atomic E-state index is -0.491. The number of halogens is 1. The minimum Gasteiger partial charge on any atom is -0.325 e. The monoisotopic (exact) mass is 396 g/mol. The first-order chi connectivity index (χ1) is 13.5. The van der Waals surface area contributed by atoms with Crippen LogP contribution in [-0.2, 0) is 4.79 Å². The van der Waals surface area contributed by atoms with Crippen LogP contribution >= 0.6 is 11.8 Å². The van der Waals surface area contributed by atoms with Crippen LogP contribution in [0, 0.1) is 12.7 Å². The molecule has 3 rings (SSSR count). The van der Waals surface area contributed by atoms with Gasteiger partial charge in [0.1, 0.15) is 10.8 Å². The number of carbonyl (C=O) groups excluding carboxylic acids is 2. The molecule has 0 aliphatic carbocycles. The van der Waals surface area contributed by atoms with Gasteiger partial charge in [0.2, 0.25) is 5.91 Å². The summed E-state index contributed by atoms with van der Waals surface area (Å²) in [6.07, 6.45) is 0. The third-order valence-electron chi connectivity index (χ3n) is 3.74. The molecule has 0 unspecified atom stereocenters. The lowest BCUT2D eigenvalue weighted by atomic mass is 10.2. The summed E-state index contributed by atoms with van der Waals surface area (Å²) in [4.78, 5) is 24.1. The highest BCUT2D eigenvalue weighted by atomic mass is 32.2. The first-order valence-electron chi connectivity index (χ1n) is 8.40.